The van der Waals surface area contributed by atoms with Gasteiger partial charge in [0.2, 0.25) is 0 Å². The molecule has 0 bridgehead atoms. The van der Waals surface area contributed by atoms with Gasteiger partial charge in [0.25, 0.3) is 0 Å². The van der Waals surface area contributed by atoms with Crippen LogP contribution in [0.25, 0.3) is 0 Å². The molecule has 0 saturated heterocycles. The summed E-state index contributed by atoms with van der Waals surface area (Å²) in [6.07, 6.45) is 6.35. The average Bonchev–Trinajstić information content (AvgIpc) is 2.64. The zero-order valence-corrected chi connectivity index (χ0v) is 9.25. The summed E-state index contributed by atoms with van der Waals surface area (Å²) in [5.74, 6) is 0. The van der Waals surface area contributed by atoms with E-state index in [0.717, 1.165) is 24.8 Å². The molecule has 14 heavy (non-hydrogen) atoms. The minimum absolute atomic E-state index is 0.265. The molecule has 2 rings (SSSR count). The van der Waals surface area contributed by atoms with Crippen LogP contribution in [0.2, 0.25) is 0 Å². The van der Waals surface area contributed by atoms with Crippen LogP contribution < -0.4 is 0 Å². The van der Waals surface area contributed by atoms with Crippen molar-refractivity contribution < 1.29 is 5.11 Å². The third kappa shape index (κ3) is 1.95. The van der Waals surface area contributed by atoms with Crippen LogP contribution in [0.1, 0.15) is 50.0 Å². The van der Waals surface area contributed by atoms with Gasteiger partial charge in [0.05, 0.1) is 6.10 Å². The Labute approximate surface area is 86.0 Å². The summed E-state index contributed by atoms with van der Waals surface area (Å²) < 4.78 is 0. The number of fused-ring (bicyclic) bond motifs is 1. The van der Waals surface area contributed by atoms with Gasteiger partial charge >= 0.3 is 0 Å². The Bertz CT molecular complexity index is 296. The van der Waals surface area contributed by atoms with E-state index < -0.39 is 0 Å². The zero-order chi connectivity index (χ0) is 10.6. The third-order valence-corrected chi connectivity index (χ3v) is 2.59. The number of aliphatic hydroxyl groups is 1. The van der Waals surface area contributed by atoms with Crippen molar-refractivity contribution in [2.24, 2.45) is 0 Å². The second kappa shape index (κ2) is 5.11. The molecule has 1 unspecified atom stereocenters. The molecule has 0 fully saturated rings. The fourth-order valence-electron chi connectivity index (χ4n) is 1.88. The van der Waals surface area contributed by atoms with Crippen molar-refractivity contribution in [3.8, 4) is 0 Å². The third-order valence-electron chi connectivity index (χ3n) is 2.59. The van der Waals surface area contributed by atoms with Crippen LogP contribution in [0.4, 0.5) is 0 Å². The van der Waals surface area contributed by atoms with Crippen molar-refractivity contribution in [3.05, 3.63) is 29.1 Å². The first-order valence-corrected chi connectivity index (χ1v) is 5.46. The minimum atomic E-state index is -0.265. The van der Waals surface area contributed by atoms with Crippen LogP contribution in [-0.4, -0.2) is 10.1 Å². The standard InChI is InChI=1S/C10H13NO.C2H6/c1-2-7-5-11-6-9-8(7)3-4-10(9)12;1-2/h5-6,10,12H,2-4H2,1H3;1-2H3. The molecule has 1 atom stereocenters. The van der Waals surface area contributed by atoms with Gasteiger partial charge in [-0.1, -0.05) is 20.8 Å². The van der Waals surface area contributed by atoms with E-state index in [1.807, 2.05) is 20.0 Å². The molecular formula is C12H19NO. The quantitative estimate of drug-likeness (QED) is 0.743. The summed E-state index contributed by atoms with van der Waals surface area (Å²) in [5, 5.41) is 9.56. The van der Waals surface area contributed by atoms with Crippen molar-refractivity contribution in [2.45, 2.75) is 46.1 Å². The topological polar surface area (TPSA) is 33.1 Å². The van der Waals surface area contributed by atoms with Crippen LogP contribution in [0.3, 0.4) is 0 Å². The van der Waals surface area contributed by atoms with Gasteiger partial charge in [0.15, 0.2) is 0 Å². The Morgan fingerprint density at radius 3 is 2.79 bits per heavy atom. The molecule has 1 heterocycles. The van der Waals surface area contributed by atoms with E-state index >= 15 is 0 Å². The van der Waals surface area contributed by atoms with E-state index in [4.69, 9.17) is 0 Å². The highest BCUT2D eigenvalue weighted by molar-refractivity contribution is 5.37. The number of aromatic nitrogens is 1. The molecule has 0 saturated carbocycles. The number of pyridine rings is 1. The maximum atomic E-state index is 9.56. The number of hydrogen-bond acceptors (Lipinski definition) is 2. The SMILES string of the molecule is CC.CCc1cncc2c1CCC2O. The van der Waals surface area contributed by atoms with Gasteiger partial charge in [-0.15, -0.1) is 0 Å². The Balaban J connectivity index is 0.000000461. The van der Waals surface area contributed by atoms with Gasteiger partial charge < -0.3 is 5.11 Å². The Hall–Kier alpha value is -0.890. The van der Waals surface area contributed by atoms with Gasteiger partial charge in [0.1, 0.15) is 0 Å². The fraction of sp³-hybridized carbons (Fsp3) is 0.583. The van der Waals surface area contributed by atoms with Crippen LogP contribution in [0, 0.1) is 0 Å². The maximum Gasteiger partial charge on any atom is 0.0810 e. The second-order valence-corrected chi connectivity index (χ2v) is 3.27. The van der Waals surface area contributed by atoms with Gasteiger partial charge in [-0.05, 0) is 30.4 Å². The van der Waals surface area contributed by atoms with Crippen molar-refractivity contribution in [1.82, 2.24) is 4.98 Å². The Kier molecular flexibility index (Phi) is 4.08. The molecule has 0 amide bonds. The highest BCUT2D eigenvalue weighted by Gasteiger charge is 2.21. The van der Waals surface area contributed by atoms with Crippen LogP contribution in [0.5, 0.6) is 0 Å². The lowest BCUT2D eigenvalue weighted by molar-refractivity contribution is 0.179. The summed E-state index contributed by atoms with van der Waals surface area (Å²) in [5.41, 5.74) is 3.68. The lowest BCUT2D eigenvalue weighted by atomic mass is 10.1. The number of nitrogens with zero attached hydrogens (tertiary/aromatic N) is 1. The molecule has 78 valence electrons. The van der Waals surface area contributed by atoms with Gasteiger partial charge in [0, 0.05) is 18.0 Å². The van der Waals surface area contributed by atoms with E-state index in [9.17, 15) is 5.11 Å². The molecule has 0 radical (unpaired) electrons. The van der Waals surface area contributed by atoms with Crippen molar-refractivity contribution in [3.63, 3.8) is 0 Å². The number of aryl methyl sites for hydroxylation is 1. The minimum Gasteiger partial charge on any atom is -0.388 e. The normalized spacial score (nSPS) is 18.4. The lowest BCUT2D eigenvalue weighted by Crippen LogP contribution is -1.95. The first-order chi connectivity index (χ1) is 6.83. The molecule has 1 N–H and O–H groups in total. The predicted molar refractivity (Wildman–Crippen MR) is 58.2 cm³/mol. The van der Waals surface area contributed by atoms with E-state index in [-0.39, 0.29) is 6.10 Å². The molecule has 2 nitrogen and oxygen atoms in total. The molecular weight excluding hydrogens is 174 g/mol. The average molecular weight is 193 g/mol. The van der Waals surface area contributed by atoms with Crippen molar-refractivity contribution in [1.29, 1.82) is 0 Å². The number of aliphatic hydroxyl groups excluding tert-OH is 1. The summed E-state index contributed by atoms with van der Waals surface area (Å²) in [6.45, 7) is 6.13. The smallest absolute Gasteiger partial charge is 0.0810 e. The molecule has 0 aliphatic heterocycles. The summed E-state index contributed by atoms with van der Waals surface area (Å²) >= 11 is 0. The first-order valence-electron chi connectivity index (χ1n) is 5.46. The van der Waals surface area contributed by atoms with Crippen molar-refractivity contribution >= 4 is 0 Å². The maximum absolute atomic E-state index is 9.56. The highest BCUT2D eigenvalue weighted by Crippen LogP contribution is 2.32. The van der Waals surface area contributed by atoms with Gasteiger partial charge in [-0.3, -0.25) is 4.98 Å². The van der Waals surface area contributed by atoms with E-state index in [0.29, 0.717) is 0 Å². The number of rotatable bonds is 1. The van der Waals surface area contributed by atoms with Gasteiger partial charge in [-0.2, -0.15) is 0 Å². The molecule has 0 spiro atoms. The fourth-order valence-corrected chi connectivity index (χ4v) is 1.88. The van der Waals surface area contributed by atoms with E-state index in [2.05, 4.69) is 11.9 Å². The molecule has 1 aliphatic rings. The van der Waals surface area contributed by atoms with Crippen LogP contribution in [-0.2, 0) is 12.8 Å². The highest BCUT2D eigenvalue weighted by atomic mass is 16.3. The lowest BCUT2D eigenvalue weighted by Gasteiger charge is -2.05. The van der Waals surface area contributed by atoms with Gasteiger partial charge in [-0.25, -0.2) is 0 Å². The van der Waals surface area contributed by atoms with Crippen LogP contribution >= 0.6 is 0 Å². The Morgan fingerprint density at radius 2 is 2.14 bits per heavy atom. The van der Waals surface area contributed by atoms with Crippen LogP contribution in [0.15, 0.2) is 12.4 Å². The number of hydrogen-bond donors (Lipinski definition) is 1. The largest absolute Gasteiger partial charge is 0.388 e. The molecule has 1 aliphatic carbocycles. The van der Waals surface area contributed by atoms with Crippen molar-refractivity contribution in [2.75, 3.05) is 0 Å². The zero-order valence-electron chi connectivity index (χ0n) is 9.25. The summed E-state index contributed by atoms with van der Waals surface area (Å²) in [4.78, 5) is 4.12. The monoisotopic (exact) mass is 193 g/mol. The Morgan fingerprint density at radius 1 is 1.43 bits per heavy atom. The van der Waals surface area contributed by atoms with E-state index in [1.165, 1.54) is 11.1 Å². The molecule has 1 aromatic rings. The molecule has 1 aromatic heterocycles. The van der Waals surface area contributed by atoms with E-state index in [1.54, 1.807) is 6.20 Å². The summed E-state index contributed by atoms with van der Waals surface area (Å²) in [6, 6.07) is 0. The molecule has 0 aromatic carbocycles. The molecule has 2 heteroatoms. The second-order valence-electron chi connectivity index (χ2n) is 3.27. The predicted octanol–water partition coefficient (Wildman–Crippen LogP) is 2.65. The summed E-state index contributed by atoms with van der Waals surface area (Å²) in [7, 11) is 0. The first kappa shape index (κ1) is 11.2.